The first-order chi connectivity index (χ1) is 8.84. The molecule has 5 unspecified atom stereocenters. The molecule has 5 atom stereocenters. The molecular formula is C15H28N2O. The van der Waals surface area contributed by atoms with E-state index in [1.165, 1.54) is 51.5 Å². The van der Waals surface area contributed by atoms with Crippen LogP contribution in [0.2, 0.25) is 0 Å². The quantitative estimate of drug-likeness (QED) is 0.806. The Labute approximate surface area is 111 Å². The van der Waals surface area contributed by atoms with Gasteiger partial charge < -0.3 is 15.4 Å². The normalized spacial score (nSPS) is 45.5. The van der Waals surface area contributed by atoms with E-state index in [4.69, 9.17) is 4.74 Å². The molecule has 104 valence electrons. The van der Waals surface area contributed by atoms with Crippen molar-refractivity contribution < 1.29 is 4.74 Å². The lowest BCUT2D eigenvalue weighted by Crippen LogP contribution is -2.50. The molecule has 2 saturated heterocycles. The van der Waals surface area contributed by atoms with Gasteiger partial charge in [-0.3, -0.25) is 0 Å². The summed E-state index contributed by atoms with van der Waals surface area (Å²) in [7, 11) is 0. The predicted molar refractivity (Wildman–Crippen MR) is 73.7 cm³/mol. The highest BCUT2D eigenvalue weighted by molar-refractivity contribution is 4.95. The van der Waals surface area contributed by atoms with E-state index in [1.54, 1.807) is 0 Å². The molecule has 0 bridgehead atoms. The van der Waals surface area contributed by atoms with Gasteiger partial charge in [-0.1, -0.05) is 12.8 Å². The van der Waals surface area contributed by atoms with Gasteiger partial charge in [-0.05, 0) is 51.5 Å². The molecule has 3 nitrogen and oxygen atoms in total. The van der Waals surface area contributed by atoms with Crippen molar-refractivity contribution in [2.24, 2.45) is 5.92 Å². The van der Waals surface area contributed by atoms with E-state index in [0.717, 1.165) is 24.6 Å². The smallest absolute Gasteiger partial charge is 0.0700 e. The van der Waals surface area contributed by atoms with E-state index in [0.29, 0.717) is 12.1 Å². The summed E-state index contributed by atoms with van der Waals surface area (Å²) in [6, 6.07) is 2.10. The molecule has 3 rings (SSSR count). The summed E-state index contributed by atoms with van der Waals surface area (Å²) in [5, 5.41) is 7.67. The van der Waals surface area contributed by atoms with Crippen molar-refractivity contribution in [2.75, 3.05) is 13.2 Å². The first-order valence-corrected chi connectivity index (χ1v) is 7.95. The molecule has 2 aliphatic heterocycles. The van der Waals surface area contributed by atoms with E-state index in [1.807, 2.05) is 0 Å². The average Bonchev–Trinajstić information content (AvgIpc) is 3.01. The third-order valence-corrected chi connectivity index (χ3v) is 5.24. The lowest BCUT2D eigenvalue weighted by atomic mass is 9.88. The second-order valence-electron chi connectivity index (χ2n) is 6.40. The maximum Gasteiger partial charge on any atom is 0.0700 e. The minimum atomic E-state index is 0.408. The molecule has 18 heavy (non-hydrogen) atoms. The van der Waals surface area contributed by atoms with Crippen LogP contribution in [-0.2, 0) is 4.74 Å². The van der Waals surface area contributed by atoms with Gasteiger partial charge in [-0.15, -0.1) is 0 Å². The van der Waals surface area contributed by atoms with Crippen LogP contribution in [0.15, 0.2) is 0 Å². The molecule has 0 aromatic rings. The monoisotopic (exact) mass is 252 g/mol. The van der Waals surface area contributed by atoms with Gasteiger partial charge >= 0.3 is 0 Å². The van der Waals surface area contributed by atoms with Crippen molar-refractivity contribution >= 4 is 0 Å². The molecule has 1 saturated carbocycles. The van der Waals surface area contributed by atoms with Gasteiger partial charge in [-0.2, -0.15) is 0 Å². The molecule has 3 fully saturated rings. The largest absolute Gasteiger partial charge is 0.377 e. The topological polar surface area (TPSA) is 33.3 Å². The zero-order valence-electron chi connectivity index (χ0n) is 11.7. The number of nitrogens with one attached hydrogen (secondary N) is 2. The van der Waals surface area contributed by atoms with Crippen molar-refractivity contribution in [2.45, 2.75) is 76.1 Å². The van der Waals surface area contributed by atoms with Crippen LogP contribution in [0.4, 0.5) is 0 Å². The molecule has 1 aliphatic carbocycles. The van der Waals surface area contributed by atoms with Crippen molar-refractivity contribution in [1.29, 1.82) is 0 Å². The van der Waals surface area contributed by atoms with E-state index < -0.39 is 0 Å². The first kappa shape index (κ1) is 12.9. The van der Waals surface area contributed by atoms with Gasteiger partial charge in [0.05, 0.1) is 6.10 Å². The van der Waals surface area contributed by atoms with Gasteiger partial charge in [0, 0.05) is 24.7 Å². The summed E-state index contributed by atoms with van der Waals surface area (Å²) in [6.07, 6.45) is 9.97. The Hall–Kier alpha value is -0.120. The van der Waals surface area contributed by atoms with Crippen LogP contribution in [0.5, 0.6) is 0 Å². The predicted octanol–water partition coefficient (Wildman–Crippen LogP) is 2.06. The van der Waals surface area contributed by atoms with Gasteiger partial charge in [-0.25, -0.2) is 0 Å². The summed E-state index contributed by atoms with van der Waals surface area (Å²) in [4.78, 5) is 0. The SMILES string of the molecule is CC1OCCC1NC1CCCC1C1CCCCN1. The Kier molecular flexibility index (Phi) is 4.22. The fourth-order valence-electron chi connectivity index (χ4n) is 4.15. The fraction of sp³-hybridized carbons (Fsp3) is 1.00. The van der Waals surface area contributed by atoms with Crippen LogP contribution in [-0.4, -0.2) is 37.4 Å². The Morgan fingerprint density at radius 2 is 1.94 bits per heavy atom. The highest BCUT2D eigenvalue weighted by atomic mass is 16.5. The molecule has 0 radical (unpaired) electrons. The molecule has 3 aliphatic rings. The van der Waals surface area contributed by atoms with Gasteiger partial charge in [0.2, 0.25) is 0 Å². The van der Waals surface area contributed by atoms with Crippen LogP contribution < -0.4 is 10.6 Å². The summed E-state index contributed by atoms with van der Waals surface area (Å²) in [5.41, 5.74) is 0. The third-order valence-electron chi connectivity index (χ3n) is 5.24. The van der Waals surface area contributed by atoms with Gasteiger partial charge in [0.1, 0.15) is 0 Å². The van der Waals surface area contributed by atoms with E-state index in [2.05, 4.69) is 17.6 Å². The maximum absolute atomic E-state index is 5.68. The second-order valence-corrected chi connectivity index (χ2v) is 6.40. The van der Waals surface area contributed by atoms with Gasteiger partial charge in [0.25, 0.3) is 0 Å². The summed E-state index contributed by atoms with van der Waals surface area (Å²) >= 11 is 0. The van der Waals surface area contributed by atoms with Crippen molar-refractivity contribution in [1.82, 2.24) is 10.6 Å². The van der Waals surface area contributed by atoms with Crippen molar-refractivity contribution in [3.8, 4) is 0 Å². The second kappa shape index (κ2) is 5.89. The number of piperidine rings is 1. The van der Waals surface area contributed by atoms with Crippen molar-refractivity contribution in [3.05, 3.63) is 0 Å². The molecule has 0 amide bonds. The summed E-state index contributed by atoms with van der Waals surface area (Å²) in [6.45, 7) is 4.39. The highest BCUT2D eigenvalue weighted by Crippen LogP contribution is 2.32. The van der Waals surface area contributed by atoms with E-state index in [9.17, 15) is 0 Å². The Bertz CT molecular complexity index is 265. The first-order valence-electron chi connectivity index (χ1n) is 7.95. The molecule has 0 aromatic carbocycles. The summed E-state index contributed by atoms with van der Waals surface area (Å²) in [5.74, 6) is 0.859. The Morgan fingerprint density at radius 3 is 2.67 bits per heavy atom. The number of hydrogen-bond donors (Lipinski definition) is 2. The molecule has 0 spiro atoms. The van der Waals surface area contributed by atoms with E-state index in [-0.39, 0.29) is 0 Å². The van der Waals surface area contributed by atoms with Gasteiger partial charge in [0.15, 0.2) is 0 Å². The minimum Gasteiger partial charge on any atom is -0.377 e. The fourth-order valence-corrected chi connectivity index (χ4v) is 4.15. The highest BCUT2D eigenvalue weighted by Gasteiger charge is 2.36. The average molecular weight is 252 g/mol. The lowest BCUT2D eigenvalue weighted by Gasteiger charge is -2.34. The zero-order chi connectivity index (χ0) is 12.4. The number of rotatable bonds is 3. The molecule has 3 heteroatoms. The maximum atomic E-state index is 5.68. The van der Waals surface area contributed by atoms with Crippen LogP contribution >= 0.6 is 0 Å². The van der Waals surface area contributed by atoms with Crippen molar-refractivity contribution in [3.63, 3.8) is 0 Å². The van der Waals surface area contributed by atoms with Crippen LogP contribution in [0.3, 0.4) is 0 Å². The zero-order valence-corrected chi connectivity index (χ0v) is 11.7. The van der Waals surface area contributed by atoms with Crippen LogP contribution in [0.1, 0.15) is 51.9 Å². The molecule has 2 heterocycles. The third kappa shape index (κ3) is 2.73. The lowest BCUT2D eigenvalue weighted by molar-refractivity contribution is 0.108. The number of ether oxygens (including phenoxy) is 1. The van der Waals surface area contributed by atoms with Crippen LogP contribution in [0, 0.1) is 5.92 Å². The Balaban J connectivity index is 1.56. The standard InChI is InChI=1S/C15H28N2O/c1-11-13(8-10-18-11)17-15-7-4-5-12(15)14-6-2-3-9-16-14/h11-17H,2-10H2,1H3. The number of hydrogen-bond acceptors (Lipinski definition) is 3. The minimum absolute atomic E-state index is 0.408. The summed E-state index contributed by atoms with van der Waals surface area (Å²) < 4.78 is 5.68. The van der Waals surface area contributed by atoms with E-state index >= 15 is 0 Å². The molecule has 2 N–H and O–H groups in total. The molecule has 0 aromatic heterocycles. The van der Waals surface area contributed by atoms with Crippen LogP contribution in [0.25, 0.3) is 0 Å². The molecular weight excluding hydrogens is 224 g/mol. The Morgan fingerprint density at radius 1 is 1.00 bits per heavy atom.